The summed E-state index contributed by atoms with van der Waals surface area (Å²) in [6.45, 7) is 6.59. The second-order valence-corrected chi connectivity index (χ2v) is 17.2. The van der Waals surface area contributed by atoms with Gasteiger partial charge in [0.2, 0.25) is 0 Å². The zero-order chi connectivity index (χ0) is 30.8. The third kappa shape index (κ3) is 4.25. The van der Waals surface area contributed by atoms with E-state index in [4.69, 9.17) is 19.9 Å². The van der Waals surface area contributed by atoms with Crippen LogP contribution in [0.25, 0.3) is 28.5 Å². The highest BCUT2D eigenvalue weighted by Crippen LogP contribution is 2.62. The second-order valence-electron chi connectivity index (χ2n) is 17.2. The van der Waals surface area contributed by atoms with Gasteiger partial charge < -0.3 is 0 Å². The van der Waals surface area contributed by atoms with Gasteiger partial charge in [0.05, 0.1) is 5.69 Å². The first-order valence-electron chi connectivity index (χ1n) is 18.3. The summed E-state index contributed by atoms with van der Waals surface area (Å²) in [5, 5.41) is 0. The van der Waals surface area contributed by atoms with Gasteiger partial charge in [0.25, 0.3) is 0 Å². The van der Waals surface area contributed by atoms with E-state index in [1.165, 1.54) is 99.4 Å². The summed E-state index contributed by atoms with van der Waals surface area (Å²) in [4.78, 5) is 21.6. The molecule has 8 bridgehead atoms. The molecule has 236 valence electrons. The third-order valence-electron chi connectivity index (χ3n) is 13.6. The molecule has 5 nitrogen and oxygen atoms in total. The van der Waals surface area contributed by atoms with Crippen molar-refractivity contribution in [1.29, 1.82) is 0 Å². The second kappa shape index (κ2) is 9.84. The van der Waals surface area contributed by atoms with Gasteiger partial charge in [0.15, 0.2) is 5.82 Å². The minimum absolute atomic E-state index is 0.151. The van der Waals surface area contributed by atoms with Crippen molar-refractivity contribution in [2.45, 2.75) is 109 Å². The van der Waals surface area contributed by atoms with Crippen LogP contribution in [-0.2, 0) is 10.8 Å². The molecular formula is C41H47N5. The molecule has 8 aliphatic carbocycles. The fraction of sp³-hybridized carbons (Fsp3) is 0.561. The zero-order valence-corrected chi connectivity index (χ0v) is 27.8. The monoisotopic (exact) mass is 609 g/mol. The lowest BCUT2D eigenvalue weighted by Crippen LogP contribution is -2.51. The first-order chi connectivity index (χ1) is 22.3. The highest BCUT2D eigenvalue weighted by Gasteiger charge is 2.56. The summed E-state index contributed by atoms with van der Waals surface area (Å²) in [7, 11) is 0. The molecule has 2 aromatic heterocycles. The Balaban J connectivity index is 1.10. The Kier molecular flexibility index (Phi) is 5.93. The van der Waals surface area contributed by atoms with Crippen LogP contribution in [0.4, 0.5) is 0 Å². The van der Waals surface area contributed by atoms with Crippen LogP contribution >= 0.6 is 0 Å². The molecule has 2 heterocycles. The Morgan fingerprint density at radius 3 is 1.59 bits per heavy atom. The van der Waals surface area contributed by atoms with Crippen LogP contribution in [0.3, 0.4) is 0 Å². The average molecular weight is 610 g/mol. The Labute approximate surface area is 273 Å². The summed E-state index contributed by atoms with van der Waals surface area (Å²) in [6, 6.07) is 13.4. The molecule has 8 saturated carbocycles. The summed E-state index contributed by atoms with van der Waals surface area (Å²) in [5.41, 5.74) is 7.56. The first kappa shape index (κ1) is 27.7. The third-order valence-corrected chi connectivity index (χ3v) is 13.6. The molecule has 0 radical (unpaired) electrons. The molecule has 2 aromatic carbocycles. The van der Waals surface area contributed by atoms with Crippen LogP contribution in [0.15, 0.2) is 48.8 Å². The SMILES string of the molecule is Cc1cc(C)c(-n2ccnc2-c2cccc(-c3nc(C45CC6CC(CC(C6)C4)C5)nc(C45CC6CC(CC(C6)C4)C5)n3)c2)c(C)c1. The van der Waals surface area contributed by atoms with Crippen molar-refractivity contribution in [2.24, 2.45) is 35.5 Å². The van der Waals surface area contributed by atoms with Crippen LogP contribution < -0.4 is 0 Å². The maximum atomic E-state index is 5.65. The number of benzene rings is 2. The molecule has 5 heteroatoms. The van der Waals surface area contributed by atoms with Crippen molar-refractivity contribution in [2.75, 3.05) is 0 Å². The smallest absolute Gasteiger partial charge is 0.163 e. The van der Waals surface area contributed by atoms with Crippen molar-refractivity contribution in [3.63, 3.8) is 0 Å². The number of hydrogen-bond donors (Lipinski definition) is 0. The topological polar surface area (TPSA) is 56.5 Å². The van der Waals surface area contributed by atoms with Crippen LogP contribution in [0.5, 0.6) is 0 Å². The first-order valence-corrected chi connectivity index (χ1v) is 18.3. The zero-order valence-electron chi connectivity index (χ0n) is 27.8. The Morgan fingerprint density at radius 1 is 0.609 bits per heavy atom. The number of aryl methyl sites for hydroxylation is 3. The van der Waals surface area contributed by atoms with E-state index in [1.54, 1.807) is 0 Å². The van der Waals surface area contributed by atoms with Crippen LogP contribution in [0.1, 0.15) is 105 Å². The molecule has 0 spiro atoms. The Morgan fingerprint density at radius 2 is 1.09 bits per heavy atom. The number of hydrogen-bond acceptors (Lipinski definition) is 4. The molecule has 0 saturated heterocycles. The molecule has 46 heavy (non-hydrogen) atoms. The molecule has 0 atom stereocenters. The fourth-order valence-corrected chi connectivity index (χ4v) is 12.8. The minimum atomic E-state index is 0.151. The highest BCUT2D eigenvalue weighted by molar-refractivity contribution is 5.68. The largest absolute Gasteiger partial charge is 0.299 e. The molecule has 0 N–H and O–H groups in total. The fourth-order valence-electron chi connectivity index (χ4n) is 12.8. The van der Waals surface area contributed by atoms with E-state index >= 15 is 0 Å². The van der Waals surface area contributed by atoms with Gasteiger partial charge >= 0.3 is 0 Å². The van der Waals surface area contributed by atoms with Gasteiger partial charge in [0.1, 0.15) is 17.5 Å². The predicted molar refractivity (Wildman–Crippen MR) is 182 cm³/mol. The lowest BCUT2D eigenvalue weighted by Gasteiger charge is -2.57. The Hall–Kier alpha value is -3.34. The number of imidazole rings is 1. The summed E-state index contributed by atoms with van der Waals surface area (Å²) in [5.74, 6) is 9.37. The normalized spacial score (nSPS) is 35.3. The van der Waals surface area contributed by atoms with Crippen molar-refractivity contribution >= 4 is 0 Å². The van der Waals surface area contributed by atoms with E-state index < -0.39 is 0 Å². The van der Waals surface area contributed by atoms with E-state index in [9.17, 15) is 0 Å². The van der Waals surface area contributed by atoms with Gasteiger partial charge in [-0.05, 0) is 151 Å². The van der Waals surface area contributed by atoms with Crippen LogP contribution in [0, 0.1) is 56.3 Å². The minimum Gasteiger partial charge on any atom is -0.299 e. The molecule has 8 aliphatic rings. The van der Waals surface area contributed by atoms with Gasteiger partial charge in [-0.25, -0.2) is 19.9 Å². The van der Waals surface area contributed by atoms with E-state index in [0.29, 0.717) is 0 Å². The van der Waals surface area contributed by atoms with Crippen molar-refractivity contribution in [3.05, 3.63) is 77.1 Å². The average Bonchev–Trinajstić information content (AvgIpc) is 3.49. The molecule has 0 unspecified atom stereocenters. The van der Waals surface area contributed by atoms with E-state index in [1.807, 2.05) is 6.20 Å². The van der Waals surface area contributed by atoms with Crippen LogP contribution in [-0.4, -0.2) is 24.5 Å². The van der Waals surface area contributed by atoms with Gasteiger partial charge in [-0.2, -0.15) is 0 Å². The highest BCUT2D eigenvalue weighted by atomic mass is 15.1. The predicted octanol–water partition coefficient (Wildman–Crippen LogP) is 9.25. The van der Waals surface area contributed by atoms with Gasteiger partial charge in [-0.3, -0.25) is 4.57 Å². The van der Waals surface area contributed by atoms with Crippen molar-refractivity contribution < 1.29 is 0 Å². The van der Waals surface area contributed by atoms with Crippen molar-refractivity contribution in [3.8, 4) is 28.5 Å². The maximum Gasteiger partial charge on any atom is 0.163 e. The number of rotatable bonds is 5. The Bertz CT molecular complexity index is 1710. The van der Waals surface area contributed by atoms with Gasteiger partial charge in [0, 0.05) is 34.4 Å². The summed E-state index contributed by atoms with van der Waals surface area (Å²) >= 11 is 0. The summed E-state index contributed by atoms with van der Waals surface area (Å²) in [6.07, 6.45) is 20.4. The number of aromatic nitrogens is 5. The van der Waals surface area contributed by atoms with Crippen molar-refractivity contribution in [1.82, 2.24) is 24.5 Å². The van der Waals surface area contributed by atoms with E-state index in [2.05, 4.69) is 67.9 Å². The standard InChI is InChI=1S/C41H47N5/c1-24-9-25(2)35(26(3)10-24)46-8-7-42-37(46)34-6-4-5-33(17-34)36-43-38(40-18-27-11-28(19-40)13-29(12-27)20-40)45-39(44-36)41-21-30-14-31(22-41)16-32(15-30)23-41/h4-10,17,27-32H,11-16,18-23H2,1-3H3. The van der Waals surface area contributed by atoms with Gasteiger partial charge in [-0.15, -0.1) is 0 Å². The molecule has 4 aromatic rings. The van der Waals surface area contributed by atoms with E-state index in [0.717, 1.165) is 69.9 Å². The molecule has 0 amide bonds. The lowest BCUT2D eigenvalue weighted by molar-refractivity contribution is -0.0155. The lowest BCUT2D eigenvalue weighted by atomic mass is 9.49. The molecular weight excluding hydrogens is 562 g/mol. The maximum absolute atomic E-state index is 5.65. The molecule has 0 aliphatic heterocycles. The summed E-state index contributed by atoms with van der Waals surface area (Å²) < 4.78 is 2.26. The number of nitrogens with zero attached hydrogens (tertiary/aromatic N) is 5. The quantitative estimate of drug-likeness (QED) is 0.226. The molecule has 8 fully saturated rings. The van der Waals surface area contributed by atoms with Crippen LogP contribution in [0.2, 0.25) is 0 Å². The van der Waals surface area contributed by atoms with Gasteiger partial charge in [-0.1, -0.05) is 35.9 Å². The molecule has 12 rings (SSSR count). The van der Waals surface area contributed by atoms with E-state index in [-0.39, 0.29) is 10.8 Å².